The van der Waals surface area contributed by atoms with Crippen molar-refractivity contribution >= 4 is 34.3 Å². The average Bonchev–Trinajstić information content (AvgIpc) is 2.52. The van der Waals surface area contributed by atoms with Gasteiger partial charge in [-0.15, -0.1) is 0 Å². The smallest absolute Gasteiger partial charge is 0.336 e. The molecule has 1 aromatic rings. The summed E-state index contributed by atoms with van der Waals surface area (Å²) in [5.41, 5.74) is 3.81. The summed E-state index contributed by atoms with van der Waals surface area (Å²) in [6, 6.07) is 7.98. The van der Waals surface area contributed by atoms with Crippen molar-refractivity contribution in [2.45, 2.75) is 39.5 Å². The highest BCUT2D eigenvalue weighted by Gasteiger charge is 2.42. The van der Waals surface area contributed by atoms with Crippen LogP contribution in [0.25, 0.3) is 0 Å². The number of rotatable bonds is 2. The van der Waals surface area contributed by atoms with Crippen molar-refractivity contribution < 1.29 is 14.3 Å². The average molecular weight is 451 g/mol. The molecule has 25 heavy (non-hydrogen) atoms. The molecular formula is C20H22INO3. The fourth-order valence-electron chi connectivity index (χ4n) is 3.81. The molecule has 1 aliphatic carbocycles. The number of esters is 1. The van der Waals surface area contributed by atoms with Crippen molar-refractivity contribution in [3.63, 3.8) is 0 Å². The molecule has 0 unspecified atom stereocenters. The number of halogens is 1. The van der Waals surface area contributed by atoms with Crippen LogP contribution in [0.4, 0.5) is 0 Å². The normalized spacial score (nSPS) is 22.4. The van der Waals surface area contributed by atoms with E-state index in [2.05, 4.69) is 41.8 Å². The van der Waals surface area contributed by atoms with Gasteiger partial charge < -0.3 is 10.1 Å². The first-order valence-electron chi connectivity index (χ1n) is 8.31. The molecule has 0 amide bonds. The lowest BCUT2D eigenvalue weighted by Crippen LogP contribution is -2.38. The number of carbonyl (C=O) groups excluding carboxylic acids is 2. The van der Waals surface area contributed by atoms with Gasteiger partial charge in [0.1, 0.15) is 0 Å². The lowest BCUT2D eigenvalue weighted by atomic mass is 9.68. The predicted octanol–water partition coefficient (Wildman–Crippen LogP) is 4.07. The van der Waals surface area contributed by atoms with E-state index < -0.39 is 5.97 Å². The molecule has 2 aliphatic rings. The summed E-state index contributed by atoms with van der Waals surface area (Å²) in [5, 5.41) is 3.32. The third-order valence-corrected chi connectivity index (χ3v) is 5.57. The molecule has 0 aromatic heterocycles. The SMILES string of the molecule is COC(=O)C1=C(C)NC2=C(C(=O)CC(C)(C)C2)[C@@H]1c1ccc(I)cc1. The summed E-state index contributed by atoms with van der Waals surface area (Å²) < 4.78 is 6.13. The maximum Gasteiger partial charge on any atom is 0.336 e. The topological polar surface area (TPSA) is 55.4 Å². The van der Waals surface area contributed by atoms with Crippen LogP contribution in [-0.4, -0.2) is 18.9 Å². The van der Waals surface area contributed by atoms with Crippen LogP contribution in [0.5, 0.6) is 0 Å². The number of hydrogen-bond acceptors (Lipinski definition) is 4. The van der Waals surface area contributed by atoms with Crippen LogP contribution in [0, 0.1) is 8.99 Å². The Hall–Kier alpha value is -1.63. The number of dihydropyridines is 1. The molecule has 0 spiro atoms. The molecule has 0 fully saturated rings. The molecule has 1 atom stereocenters. The number of benzene rings is 1. The fraction of sp³-hybridized carbons (Fsp3) is 0.400. The number of carbonyl (C=O) groups is 2. The summed E-state index contributed by atoms with van der Waals surface area (Å²) in [5.74, 6) is -0.654. The first-order valence-corrected chi connectivity index (χ1v) is 9.39. The van der Waals surface area contributed by atoms with Crippen LogP contribution >= 0.6 is 22.6 Å². The van der Waals surface area contributed by atoms with Gasteiger partial charge in [0.25, 0.3) is 0 Å². The van der Waals surface area contributed by atoms with E-state index in [1.807, 2.05) is 31.2 Å². The first kappa shape index (κ1) is 18.2. The quantitative estimate of drug-likeness (QED) is 0.544. The Morgan fingerprint density at radius 3 is 2.48 bits per heavy atom. The Kier molecular flexibility index (Phi) is 4.79. The molecule has 3 rings (SSSR count). The molecule has 0 bridgehead atoms. The van der Waals surface area contributed by atoms with Crippen LogP contribution in [0.3, 0.4) is 0 Å². The Balaban J connectivity index is 2.19. The summed E-state index contributed by atoms with van der Waals surface area (Å²) in [6.07, 6.45) is 1.28. The molecule has 5 heteroatoms. The zero-order valence-electron chi connectivity index (χ0n) is 14.9. The van der Waals surface area contributed by atoms with E-state index in [4.69, 9.17) is 4.74 Å². The molecule has 0 saturated carbocycles. The van der Waals surface area contributed by atoms with E-state index in [0.717, 1.165) is 26.9 Å². The number of Topliss-reactive ketones (excluding diaryl/α,β-unsaturated/α-hetero) is 1. The van der Waals surface area contributed by atoms with Gasteiger partial charge in [0.05, 0.1) is 12.7 Å². The van der Waals surface area contributed by atoms with Crippen molar-refractivity contribution in [1.82, 2.24) is 5.32 Å². The number of nitrogens with one attached hydrogen (secondary N) is 1. The van der Waals surface area contributed by atoms with Crippen molar-refractivity contribution in [2.24, 2.45) is 5.41 Å². The van der Waals surface area contributed by atoms with Gasteiger partial charge in [-0.05, 0) is 59.0 Å². The van der Waals surface area contributed by atoms with Crippen LogP contribution < -0.4 is 5.32 Å². The second-order valence-electron chi connectivity index (χ2n) is 7.47. The molecule has 0 radical (unpaired) electrons. The Morgan fingerprint density at radius 1 is 1.24 bits per heavy atom. The summed E-state index contributed by atoms with van der Waals surface area (Å²) in [7, 11) is 1.38. The summed E-state index contributed by atoms with van der Waals surface area (Å²) in [4.78, 5) is 25.5. The van der Waals surface area contributed by atoms with E-state index in [1.165, 1.54) is 7.11 Å². The van der Waals surface area contributed by atoms with Gasteiger partial charge in [-0.2, -0.15) is 0 Å². The van der Waals surface area contributed by atoms with E-state index in [9.17, 15) is 9.59 Å². The van der Waals surface area contributed by atoms with E-state index in [1.54, 1.807) is 0 Å². The number of ether oxygens (including phenoxy) is 1. The molecular weight excluding hydrogens is 429 g/mol. The van der Waals surface area contributed by atoms with Crippen LogP contribution in [0.1, 0.15) is 45.1 Å². The number of methoxy groups -OCH3 is 1. The molecule has 4 nitrogen and oxygen atoms in total. The second kappa shape index (κ2) is 6.59. The molecule has 1 aliphatic heterocycles. The lowest BCUT2D eigenvalue weighted by Gasteiger charge is -2.39. The highest BCUT2D eigenvalue weighted by atomic mass is 127. The molecule has 1 N–H and O–H groups in total. The Bertz CT molecular complexity index is 803. The summed E-state index contributed by atoms with van der Waals surface area (Å²) >= 11 is 2.25. The van der Waals surface area contributed by atoms with Crippen molar-refractivity contribution in [2.75, 3.05) is 7.11 Å². The minimum atomic E-state index is -0.391. The molecule has 132 valence electrons. The monoisotopic (exact) mass is 451 g/mol. The van der Waals surface area contributed by atoms with Crippen LogP contribution in [-0.2, 0) is 14.3 Å². The van der Waals surface area contributed by atoms with Crippen molar-refractivity contribution in [3.8, 4) is 0 Å². The van der Waals surface area contributed by atoms with Crippen molar-refractivity contribution in [3.05, 3.63) is 55.9 Å². The molecule has 0 saturated heterocycles. The minimum Gasteiger partial charge on any atom is -0.466 e. The van der Waals surface area contributed by atoms with Gasteiger partial charge in [-0.3, -0.25) is 4.79 Å². The predicted molar refractivity (Wildman–Crippen MR) is 105 cm³/mol. The van der Waals surface area contributed by atoms with Gasteiger partial charge in [0, 0.05) is 32.9 Å². The first-order chi connectivity index (χ1) is 11.7. The Morgan fingerprint density at radius 2 is 1.88 bits per heavy atom. The number of allylic oxidation sites excluding steroid dienone is 3. The highest BCUT2D eigenvalue weighted by Crippen LogP contribution is 2.46. The van der Waals surface area contributed by atoms with Gasteiger partial charge in [0.15, 0.2) is 5.78 Å². The zero-order chi connectivity index (χ0) is 18.4. The lowest BCUT2D eigenvalue weighted by molar-refractivity contribution is -0.136. The van der Waals surface area contributed by atoms with Gasteiger partial charge in [-0.1, -0.05) is 26.0 Å². The van der Waals surface area contributed by atoms with Crippen LogP contribution in [0.15, 0.2) is 46.8 Å². The maximum atomic E-state index is 13.0. The number of hydrogen-bond donors (Lipinski definition) is 1. The van der Waals surface area contributed by atoms with Gasteiger partial charge in [-0.25, -0.2) is 4.79 Å². The second-order valence-corrected chi connectivity index (χ2v) is 8.72. The number of ketones is 1. The fourth-order valence-corrected chi connectivity index (χ4v) is 4.16. The van der Waals surface area contributed by atoms with E-state index in [0.29, 0.717) is 17.6 Å². The molecule has 1 aromatic carbocycles. The zero-order valence-corrected chi connectivity index (χ0v) is 17.1. The molecule has 1 heterocycles. The minimum absolute atomic E-state index is 0.0808. The van der Waals surface area contributed by atoms with Gasteiger partial charge >= 0.3 is 5.97 Å². The largest absolute Gasteiger partial charge is 0.466 e. The third-order valence-electron chi connectivity index (χ3n) is 4.85. The Labute approximate surface area is 161 Å². The highest BCUT2D eigenvalue weighted by molar-refractivity contribution is 14.1. The van der Waals surface area contributed by atoms with Crippen molar-refractivity contribution in [1.29, 1.82) is 0 Å². The standard InChI is InChI=1S/C20H22INO3/c1-11-16(19(24)25-4)17(12-5-7-13(21)8-6-12)18-14(22-11)9-20(2,3)10-15(18)23/h5-8,17,22H,9-10H2,1-4H3/t17-/m1/s1. The van der Waals surface area contributed by atoms with Crippen LogP contribution in [0.2, 0.25) is 0 Å². The maximum absolute atomic E-state index is 13.0. The summed E-state index contributed by atoms with van der Waals surface area (Å²) in [6.45, 7) is 6.08. The van der Waals surface area contributed by atoms with E-state index >= 15 is 0 Å². The van der Waals surface area contributed by atoms with E-state index in [-0.39, 0.29) is 17.1 Å². The van der Waals surface area contributed by atoms with Gasteiger partial charge in [0.2, 0.25) is 0 Å². The third kappa shape index (κ3) is 3.38.